The fraction of sp³-hybridized carbons (Fsp3) is 0.278. The van der Waals surface area contributed by atoms with Crippen LogP contribution in [0.2, 0.25) is 0 Å². The van der Waals surface area contributed by atoms with Crippen molar-refractivity contribution in [1.82, 2.24) is 19.8 Å². The van der Waals surface area contributed by atoms with Gasteiger partial charge in [-0.3, -0.25) is 0 Å². The summed E-state index contributed by atoms with van der Waals surface area (Å²) in [6, 6.07) is 10.1. The molecule has 0 spiro atoms. The largest absolute Gasteiger partial charge is 0.381 e. The van der Waals surface area contributed by atoms with E-state index < -0.39 is 0 Å². The molecule has 8 heteroatoms. The van der Waals surface area contributed by atoms with E-state index >= 15 is 0 Å². The maximum Gasteiger partial charge on any atom is 0.174 e. The van der Waals surface area contributed by atoms with Crippen LogP contribution in [0, 0.1) is 0 Å². The lowest BCUT2D eigenvalue weighted by Crippen LogP contribution is -2.28. The van der Waals surface area contributed by atoms with Crippen LogP contribution in [0.25, 0.3) is 27.9 Å². The van der Waals surface area contributed by atoms with Crippen LogP contribution >= 0.6 is 0 Å². The number of hydrogen-bond donors (Lipinski definition) is 2. The molecule has 26 heavy (non-hydrogen) atoms. The third-order valence-electron chi connectivity index (χ3n) is 4.73. The van der Waals surface area contributed by atoms with Crippen LogP contribution in [-0.4, -0.2) is 39.0 Å². The topological polar surface area (TPSA) is 104 Å². The first kappa shape index (κ1) is 15.2. The monoisotopic (exact) mass is 350 g/mol. The number of fused-ring (bicyclic) bond motifs is 2. The van der Waals surface area contributed by atoms with Gasteiger partial charge in [0.1, 0.15) is 5.82 Å². The lowest BCUT2D eigenvalue weighted by atomic mass is 10.1. The molecule has 4 aromatic rings. The third kappa shape index (κ3) is 2.55. The van der Waals surface area contributed by atoms with Gasteiger partial charge in [0.2, 0.25) is 0 Å². The van der Waals surface area contributed by atoms with Gasteiger partial charge in [-0.05, 0) is 43.2 Å². The zero-order chi connectivity index (χ0) is 17.5. The van der Waals surface area contributed by atoms with E-state index in [1.165, 1.54) is 0 Å². The average Bonchev–Trinajstić information content (AvgIpc) is 3.26. The molecule has 0 unspecified atom stereocenters. The molecule has 1 aliphatic rings. The van der Waals surface area contributed by atoms with Gasteiger partial charge in [0.05, 0.1) is 17.3 Å². The lowest BCUT2D eigenvalue weighted by Gasteiger charge is -2.23. The standard InChI is InChI=1S/C18H18N6O2/c19-18-13-9-11(1-2-15(13)26-23-18)14-10-20-17-4-3-16(22-24(14)17)21-12-5-7-25-8-6-12/h1-4,9-10,12H,5-8H2,(H2,19,23)(H,21,22). The average molecular weight is 350 g/mol. The number of aromatic nitrogens is 4. The minimum absolute atomic E-state index is 0.380. The van der Waals surface area contributed by atoms with Crippen LogP contribution in [0.3, 0.4) is 0 Å². The first-order valence-corrected chi connectivity index (χ1v) is 8.62. The van der Waals surface area contributed by atoms with Gasteiger partial charge >= 0.3 is 0 Å². The predicted octanol–water partition coefficient (Wildman–Crippen LogP) is 2.71. The molecule has 8 nitrogen and oxygen atoms in total. The minimum atomic E-state index is 0.380. The Morgan fingerprint density at radius 2 is 2.04 bits per heavy atom. The van der Waals surface area contributed by atoms with Crippen molar-refractivity contribution in [3.63, 3.8) is 0 Å². The SMILES string of the molecule is Nc1noc2ccc(-c3cnc4ccc(NC5CCOCC5)nn34)cc12. The van der Waals surface area contributed by atoms with Gasteiger partial charge in [-0.15, -0.1) is 5.10 Å². The summed E-state index contributed by atoms with van der Waals surface area (Å²) < 4.78 is 12.4. The summed E-state index contributed by atoms with van der Waals surface area (Å²) in [7, 11) is 0. The quantitative estimate of drug-likeness (QED) is 0.585. The number of nitrogens with one attached hydrogen (secondary N) is 1. The van der Waals surface area contributed by atoms with Crippen LogP contribution < -0.4 is 11.1 Å². The Kier molecular flexibility index (Phi) is 3.49. The Morgan fingerprint density at radius 3 is 2.92 bits per heavy atom. The molecule has 0 bridgehead atoms. The molecule has 1 aromatic carbocycles. The summed E-state index contributed by atoms with van der Waals surface area (Å²) in [4.78, 5) is 4.46. The maximum absolute atomic E-state index is 5.88. The van der Waals surface area contributed by atoms with E-state index in [1.807, 2.05) is 41.0 Å². The molecule has 0 saturated carbocycles. The number of nitrogen functional groups attached to an aromatic ring is 1. The second-order valence-electron chi connectivity index (χ2n) is 6.44. The third-order valence-corrected chi connectivity index (χ3v) is 4.73. The molecule has 1 fully saturated rings. The molecule has 0 amide bonds. The fourth-order valence-corrected chi connectivity index (χ4v) is 3.31. The van der Waals surface area contributed by atoms with Crippen LogP contribution in [-0.2, 0) is 4.74 Å². The molecular weight excluding hydrogens is 332 g/mol. The second kappa shape index (κ2) is 5.99. The van der Waals surface area contributed by atoms with Crippen molar-refractivity contribution in [1.29, 1.82) is 0 Å². The number of nitrogens with two attached hydrogens (primary N) is 1. The Hall–Kier alpha value is -3.13. The highest BCUT2D eigenvalue weighted by Crippen LogP contribution is 2.28. The van der Waals surface area contributed by atoms with Crippen LogP contribution in [0.5, 0.6) is 0 Å². The first-order valence-electron chi connectivity index (χ1n) is 8.62. The van der Waals surface area contributed by atoms with Crippen LogP contribution in [0.15, 0.2) is 41.1 Å². The Balaban J connectivity index is 1.54. The summed E-state index contributed by atoms with van der Waals surface area (Å²) in [5.41, 5.74) is 9.17. The normalized spacial score (nSPS) is 15.7. The number of benzene rings is 1. The summed E-state index contributed by atoms with van der Waals surface area (Å²) in [6.07, 6.45) is 3.78. The van der Waals surface area contributed by atoms with Gasteiger partial charge in [0.25, 0.3) is 0 Å². The van der Waals surface area contributed by atoms with E-state index in [-0.39, 0.29) is 0 Å². The Labute approximate surface area is 148 Å². The molecule has 0 aliphatic carbocycles. The van der Waals surface area contributed by atoms with Crippen molar-refractivity contribution >= 4 is 28.3 Å². The van der Waals surface area contributed by atoms with Gasteiger partial charge in [0.15, 0.2) is 17.0 Å². The van der Waals surface area contributed by atoms with Gasteiger partial charge in [-0.2, -0.15) is 0 Å². The maximum atomic E-state index is 5.88. The van der Waals surface area contributed by atoms with E-state index in [4.69, 9.17) is 20.1 Å². The van der Waals surface area contributed by atoms with Crippen molar-refractivity contribution in [3.05, 3.63) is 36.5 Å². The van der Waals surface area contributed by atoms with E-state index in [9.17, 15) is 0 Å². The number of hydrogen-bond acceptors (Lipinski definition) is 7. The highest BCUT2D eigenvalue weighted by atomic mass is 16.5. The van der Waals surface area contributed by atoms with Crippen molar-refractivity contribution in [2.45, 2.75) is 18.9 Å². The van der Waals surface area contributed by atoms with Gasteiger partial charge in [-0.1, -0.05) is 5.16 Å². The summed E-state index contributed by atoms with van der Waals surface area (Å²) >= 11 is 0. The lowest BCUT2D eigenvalue weighted by molar-refractivity contribution is 0.0903. The van der Waals surface area contributed by atoms with Gasteiger partial charge < -0.3 is 20.3 Å². The Morgan fingerprint density at radius 1 is 1.15 bits per heavy atom. The van der Waals surface area contributed by atoms with Gasteiger partial charge in [0, 0.05) is 24.8 Å². The summed E-state index contributed by atoms with van der Waals surface area (Å²) in [6.45, 7) is 1.58. The summed E-state index contributed by atoms with van der Waals surface area (Å²) in [5.74, 6) is 1.21. The molecule has 3 aromatic heterocycles. The number of anilines is 2. The molecule has 0 radical (unpaired) electrons. The zero-order valence-corrected chi connectivity index (χ0v) is 14.1. The molecule has 132 valence electrons. The molecule has 1 saturated heterocycles. The Bertz CT molecular complexity index is 1080. The highest BCUT2D eigenvalue weighted by molar-refractivity contribution is 5.90. The molecule has 5 rings (SSSR count). The summed E-state index contributed by atoms with van der Waals surface area (Å²) in [5, 5.41) is 12.8. The van der Waals surface area contributed by atoms with Crippen LogP contribution in [0.4, 0.5) is 11.6 Å². The minimum Gasteiger partial charge on any atom is -0.381 e. The zero-order valence-electron chi connectivity index (χ0n) is 14.1. The number of imidazole rings is 1. The molecule has 0 atom stereocenters. The first-order chi connectivity index (χ1) is 12.8. The predicted molar refractivity (Wildman–Crippen MR) is 97.9 cm³/mol. The van der Waals surface area contributed by atoms with Crippen molar-refractivity contribution < 1.29 is 9.26 Å². The fourth-order valence-electron chi connectivity index (χ4n) is 3.31. The van der Waals surface area contributed by atoms with Crippen molar-refractivity contribution in [2.75, 3.05) is 24.3 Å². The van der Waals surface area contributed by atoms with Crippen LogP contribution in [0.1, 0.15) is 12.8 Å². The highest BCUT2D eigenvalue weighted by Gasteiger charge is 2.15. The molecule has 3 N–H and O–H groups in total. The van der Waals surface area contributed by atoms with E-state index in [0.29, 0.717) is 17.4 Å². The second-order valence-corrected chi connectivity index (χ2v) is 6.44. The molecule has 4 heterocycles. The smallest absolute Gasteiger partial charge is 0.174 e. The molecular formula is C18H18N6O2. The molecule has 1 aliphatic heterocycles. The van der Waals surface area contributed by atoms with E-state index in [2.05, 4.69) is 15.5 Å². The van der Waals surface area contributed by atoms with Gasteiger partial charge in [-0.25, -0.2) is 9.50 Å². The van der Waals surface area contributed by atoms with E-state index in [1.54, 1.807) is 0 Å². The van der Waals surface area contributed by atoms with Crippen molar-refractivity contribution in [3.8, 4) is 11.3 Å². The van der Waals surface area contributed by atoms with E-state index in [0.717, 1.165) is 54.2 Å². The van der Waals surface area contributed by atoms with Crippen molar-refractivity contribution in [2.24, 2.45) is 0 Å². The number of ether oxygens (including phenoxy) is 1. The number of rotatable bonds is 3. The number of nitrogens with zero attached hydrogens (tertiary/aromatic N) is 4.